The average molecular weight is 343 g/mol. The normalized spacial score (nSPS) is 18.9. The number of hydrogen-bond acceptors (Lipinski definition) is 4. The standard InChI is InChI=1S/C14H15ClN2O4S/c1-10(18)16-11-2-4-12(5-3-11)17(14(19)8-15)13-6-7-22(20,21)9-13/h2-7,13H,8-9H2,1H3,(H,16,18)/t13-/m0/s1. The van der Waals surface area contributed by atoms with E-state index in [0.717, 1.165) is 5.41 Å². The molecule has 0 unspecified atom stereocenters. The molecule has 118 valence electrons. The molecule has 8 heteroatoms. The molecule has 0 aliphatic carbocycles. The van der Waals surface area contributed by atoms with E-state index in [1.54, 1.807) is 24.3 Å². The first kappa shape index (κ1) is 16.5. The van der Waals surface area contributed by atoms with E-state index in [-0.39, 0.29) is 23.4 Å². The topological polar surface area (TPSA) is 83.6 Å². The van der Waals surface area contributed by atoms with E-state index >= 15 is 0 Å². The van der Waals surface area contributed by atoms with Crippen LogP contribution >= 0.6 is 11.6 Å². The molecule has 0 saturated heterocycles. The number of nitrogens with zero attached hydrogens (tertiary/aromatic N) is 1. The molecule has 22 heavy (non-hydrogen) atoms. The number of alkyl halides is 1. The zero-order valence-electron chi connectivity index (χ0n) is 11.8. The Balaban J connectivity index is 2.28. The monoisotopic (exact) mass is 342 g/mol. The Kier molecular flexibility index (Phi) is 4.87. The summed E-state index contributed by atoms with van der Waals surface area (Å²) < 4.78 is 23.1. The summed E-state index contributed by atoms with van der Waals surface area (Å²) in [7, 11) is -3.29. The van der Waals surface area contributed by atoms with Crippen LogP contribution in [-0.2, 0) is 19.4 Å². The number of anilines is 2. The van der Waals surface area contributed by atoms with Crippen LogP contribution in [0.1, 0.15) is 6.92 Å². The highest BCUT2D eigenvalue weighted by molar-refractivity contribution is 7.94. The summed E-state index contributed by atoms with van der Waals surface area (Å²) in [5.41, 5.74) is 1.11. The number of rotatable bonds is 4. The average Bonchev–Trinajstić information content (AvgIpc) is 2.80. The van der Waals surface area contributed by atoms with Gasteiger partial charge in [0.2, 0.25) is 11.8 Å². The van der Waals surface area contributed by atoms with Crippen molar-refractivity contribution in [1.29, 1.82) is 0 Å². The second kappa shape index (κ2) is 6.50. The van der Waals surface area contributed by atoms with Gasteiger partial charge in [-0.1, -0.05) is 0 Å². The minimum Gasteiger partial charge on any atom is -0.326 e. The summed E-state index contributed by atoms with van der Waals surface area (Å²) in [6, 6.07) is 5.96. The Hall–Kier alpha value is -1.86. The van der Waals surface area contributed by atoms with Crippen molar-refractivity contribution in [3.63, 3.8) is 0 Å². The van der Waals surface area contributed by atoms with E-state index in [1.807, 2.05) is 0 Å². The van der Waals surface area contributed by atoms with Crippen LogP contribution in [0, 0.1) is 0 Å². The quantitative estimate of drug-likeness (QED) is 0.841. The maximum absolute atomic E-state index is 12.1. The van der Waals surface area contributed by atoms with E-state index in [1.165, 1.54) is 17.9 Å². The van der Waals surface area contributed by atoms with Crippen molar-refractivity contribution < 1.29 is 18.0 Å². The first-order chi connectivity index (χ1) is 10.3. The fourth-order valence-corrected chi connectivity index (χ4v) is 3.61. The maximum atomic E-state index is 12.1. The zero-order valence-corrected chi connectivity index (χ0v) is 13.4. The lowest BCUT2D eigenvalue weighted by Crippen LogP contribution is -2.42. The molecular weight excluding hydrogens is 328 g/mol. The van der Waals surface area contributed by atoms with Crippen LogP contribution in [0.5, 0.6) is 0 Å². The SMILES string of the molecule is CC(=O)Nc1ccc(N(C(=O)CCl)[C@H]2C=CS(=O)(=O)C2)cc1. The number of hydrogen-bond donors (Lipinski definition) is 1. The van der Waals surface area contributed by atoms with Gasteiger partial charge in [-0.15, -0.1) is 11.6 Å². The van der Waals surface area contributed by atoms with Gasteiger partial charge in [-0.05, 0) is 30.3 Å². The van der Waals surface area contributed by atoms with Gasteiger partial charge in [0.25, 0.3) is 0 Å². The van der Waals surface area contributed by atoms with E-state index < -0.39 is 15.9 Å². The van der Waals surface area contributed by atoms with Gasteiger partial charge >= 0.3 is 0 Å². The first-order valence-corrected chi connectivity index (χ1v) is 8.74. The molecule has 0 saturated carbocycles. The van der Waals surface area contributed by atoms with Gasteiger partial charge in [0.05, 0.1) is 11.8 Å². The minimum atomic E-state index is -3.29. The third-order valence-corrected chi connectivity index (χ3v) is 4.70. The summed E-state index contributed by atoms with van der Waals surface area (Å²) >= 11 is 5.62. The number of halogens is 1. The number of sulfone groups is 1. The molecule has 1 atom stereocenters. The van der Waals surface area contributed by atoms with Crippen LogP contribution in [0.2, 0.25) is 0 Å². The van der Waals surface area contributed by atoms with E-state index in [4.69, 9.17) is 11.6 Å². The highest BCUT2D eigenvalue weighted by Gasteiger charge is 2.30. The Morgan fingerprint density at radius 1 is 1.32 bits per heavy atom. The third-order valence-electron chi connectivity index (χ3n) is 3.09. The molecule has 0 radical (unpaired) electrons. The summed E-state index contributed by atoms with van der Waals surface area (Å²) in [4.78, 5) is 24.4. The van der Waals surface area contributed by atoms with E-state index in [9.17, 15) is 18.0 Å². The van der Waals surface area contributed by atoms with Gasteiger partial charge in [-0.2, -0.15) is 0 Å². The van der Waals surface area contributed by atoms with Gasteiger partial charge in [-0.25, -0.2) is 8.42 Å². The fraction of sp³-hybridized carbons (Fsp3) is 0.286. The highest BCUT2D eigenvalue weighted by Crippen LogP contribution is 2.24. The highest BCUT2D eigenvalue weighted by atomic mass is 35.5. The maximum Gasteiger partial charge on any atom is 0.242 e. The third kappa shape index (κ3) is 3.86. The lowest BCUT2D eigenvalue weighted by Gasteiger charge is -2.27. The van der Waals surface area contributed by atoms with Crippen molar-refractivity contribution in [2.75, 3.05) is 21.8 Å². The zero-order chi connectivity index (χ0) is 16.3. The van der Waals surface area contributed by atoms with Crippen LogP contribution in [0.25, 0.3) is 0 Å². The van der Waals surface area contributed by atoms with Crippen LogP contribution in [0.3, 0.4) is 0 Å². The molecule has 1 aromatic carbocycles. The van der Waals surface area contributed by atoms with Gasteiger partial charge in [0.15, 0.2) is 9.84 Å². The molecule has 1 heterocycles. The molecule has 0 aromatic heterocycles. The number of carbonyl (C=O) groups is 2. The largest absolute Gasteiger partial charge is 0.326 e. The van der Waals surface area contributed by atoms with Crippen LogP contribution in [0.4, 0.5) is 11.4 Å². The Bertz CT molecular complexity index is 713. The van der Waals surface area contributed by atoms with Crippen molar-refractivity contribution >= 4 is 44.6 Å². The van der Waals surface area contributed by atoms with Crippen LogP contribution in [0.15, 0.2) is 35.7 Å². The predicted molar refractivity (Wildman–Crippen MR) is 85.7 cm³/mol. The molecular formula is C14H15ClN2O4S. The Morgan fingerprint density at radius 2 is 1.95 bits per heavy atom. The molecule has 2 amide bonds. The van der Waals surface area contributed by atoms with Crippen LogP contribution in [-0.4, -0.2) is 37.9 Å². The summed E-state index contributed by atoms with van der Waals surface area (Å²) in [5, 5.41) is 3.73. The molecule has 0 fully saturated rings. The molecule has 1 aromatic rings. The van der Waals surface area contributed by atoms with Gasteiger partial charge < -0.3 is 10.2 Å². The summed E-state index contributed by atoms with van der Waals surface area (Å²) in [6.45, 7) is 1.39. The fourth-order valence-electron chi connectivity index (χ4n) is 2.21. The predicted octanol–water partition coefficient (Wildman–Crippen LogP) is 1.53. The molecule has 2 rings (SSSR count). The van der Waals surface area contributed by atoms with E-state index in [2.05, 4.69) is 5.32 Å². The van der Waals surface area contributed by atoms with Crippen molar-refractivity contribution in [1.82, 2.24) is 0 Å². The van der Waals surface area contributed by atoms with Gasteiger partial charge in [0, 0.05) is 23.7 Å². The molecule has 1 N–H and O–H groups in total. The van der Waals surface area contributed by atoms with Crippen molar-refractivity contribution in [2.45, 2.75) is 13.0 Å². The van der Waals surface area contributed by atoms with Crippen molar-refractivity contribution in [3.05, 3.63) is 35.7 Å². The Labute approximate surface area is 133 Å². The number of benzene rings is 1. The van der Waals surface area contributed by atoms with Crippen molar-refractivity contribution in [3.8, 4) is 0 Å². The van der Waals surface area contributed by atoms with Crippen molar-refractivity contribution in [2.24, 2.45) is 0 Å². The summed E-state index contributed by atoms with van der Waals surface area (Å²) in [6.07, 6.45) is 1.47. The second-order valence-corrected chi connectivity index (χ2v) is 7.05. The molecule has 0 bridgehead atoms. The molecule has 0 spiro atoms. The molecule has 6 nitrogen and oxygen atoms in total. The Morgan fingerprint density at radius 3 is 2.41 bits per heavy atom. The molecule has 1 aliphatic heterocycles. The number of carbonyl (C=O) groups excluding carboxylic acids is 2. The lowest BCUT2D eigenvalue weighted by molar-refractivity contribution is -0.116. The van der Waals surface area contributed by atoms with Gasteiger partial charge in [-0.3, -0.25) is 9.59 Å². The summed E-state index contributed by atoms with van der Waals surface area (Å²) in [5.74, 6) is -1.01. The first-order valence-electron chi connectivity index (χ1n) is 6.49. The van der Waals surface area contributed by atoms with E-state index in [0.29, 0.717) is 11.4 Å². The molecule has 1 aliphatic rings. The number of nitrogens with one attached hydrogen (secondary N) is 1. The van der Waals surface area contributed by atoms with Gasteiger partial charge in [0.1, 0.15) is 5.88 Å². The minimum absolute atomic E-state index is 0.164. The lowest BCUT2D eigenvalue weighted by atomic mass is 10.2. The second-order valence-electron chi connectivity index (χ2n) is 4.85. The number of amides is 2. The smallest absolute Gasteiger partial charge is 0.242 e. The van der Waals surface area contributed by atoms with Crippen LogP contribution < -0.4 is 10.2 Å².